The van der Waals surface area contributed by atoms with E-state index in [1.165, 1.54) is 5.56 Å². The maximum Gasteiger partial charge on any atom is 0.233 e. The molecule has 0 aromatic heterocycles. The highest BCUT2D eigenvalue weighted by Gasteiger charge is 2.67. The van der Waals surface area contributed by atoms with Gasteiger partial charge in [0.1, 0.15) is 0 Å². The predicted octanol–water partition coefficient (Wildman–Crippen LogP) is 3.82. The summed E-state index contributed by atoms with van der Waals surface area (Å²) >= 11 is 0. The summed E-state index contributed by atoms with van der Waals surface area (Å²) in [6.45, 7) is 7.08. The van der Waals surface area contributed by atoms with Crippen LogP contribution in [-0.2, 0) is 10.2 Å². The van der Waals surface area contributed by atoms with Crippen molar-refractivity contribution in [3.63, 3.8) is 0 Å². The van der Waals surface area contributed by atoms with Gasteiger partial charge in [0.2, 0.25) is 5.91 Å². The second-order valence-corrected chi connectivity index (χ2v) is 8.74. The fourth-order valence-corrected chi connectivity index (χ4v) is 4.52. The van der Waals surface area contributed by atoms with Gasteiger partial charge in [-0.25, -0.2) is 0 Å². The Balaban J connectivity index is 1.74. The first-order chi connectivity index (χ1) is 11.2. The average molecular weight is 329 g/mol. The minimum atomic E-state index is -0.551. The van der Waals surface area contributed by atoms with Gasteiger partial charge in [0.25, 0.3) is 0 Å². The third kappa shape index (κ3) is 2.88. The Labute approximate surface area is 146 Å². The summed E-state index contributed by atoms with van der Waals surface area (Å²) in [7, 11) is 1.89. The van der Waals surface area contributed by atoms with Gasteiger partial charge in [-0.3, -0.25) is 4.79 Å². The Bertz CT molecular complexity index is 613. The summed E-state index contributed by atoms with van der Waals surface area (Å²) < 4.78 is 0. The van der Waals surface area contributed by atoms with Gasteiger partial charge in [0.15, 0.2) is 0 Å². The number of carbonyl (C=O) groups excluding carboxylic acids is 1. The van der Waals surface area contributed by atoms with E-state index in [4.69, 9.17) is 0 Å². The molecule has 2 saturated carbocycles. The molecule has 1 aromatic carbocycles. The topological polar surface area (TPSA) is 40.5 Å². The second kappa shape index (κ2) is 5.87. The van der Waals surface area contributed by atoms with E-state index >= 15 is 0 Å². The summed E-state index contributed by atoms with van der Waals surface area (Å²) in [6, 6.07) is 8.42. The molecular weight excluding hydrogens is 298 g/mol. The fourth-order valence-electron chi connectivity index (χ4n) is 4.52. The second-order valence-electron chi connectivity index (χ2n) is 8.74. The molecule has 0 heterocycles. The Morgan fingerprint density at radius 1 is 1.17 bits per heavy atom. The molecule has 1 amide bonds. The molecule has 0 radical (unpaired) electrons. The van der Waals surface area contributed by atoms with Crippen molar-refractivity contribution < 1.29 is 9.90 Å². The third-order valence-corrected chi connectivity index (χ3v) is 6.44. The molecule has 3 rings (SSSR count). The lowest BCUT2D eigenvalue weighted by Gasteiger charge is -2.30. The van der Waals surface area contributed by atoms with Crippen LogP contribution in [0.3, 0.4) is 0 Å². The quantitative estimate of drug-likeness (QED) is 0.892. The highest BCUT2D eigenvalue weighted by Crippen LogP contribution is 2.65. The number of carbonyl (C=O) groups is 1. The number of nitrogens with zero attached hydrogens (tertiary/aromatic N) is 1. The van der Waals surface area contributed by atoms with Gasteiger partial charge < -0.3 is 10.0 Å². The Kier molecular flexibility index (Phi) is 4.28. The number of amides is 1. The molecule has 2 aliphatic carbocycles. The number of rotatable bonds is 5. The van der Waals surface area contributed by atoms with Crippen LogP contribution in [0, 0.1) is 12.3 Å². The molecule has 0 spiro atoms. The van der Waals surface area contributed by atoms with Gasteiger partial charge in [-0.05, 0) is 43.6 Å². The van der Waals surface area contributed by atoms with Gasteiger partial charge in [0.05, 0.1) is 11.0 Å². The van der Waals surface area contributed by atoms with E-state index in [0.29, 0.717) is 13.0 Å². The molecule has 0 aliphatic heterocycles. The van der Waals surface area contributed by atoms with Gasteiger partial charge in [-0.15, -0.1) is 0 Å². The van der Waals surface area contributed by atoms with Crippen LogP contribution in [0.25, 0.3) is 0 Å². The zero-order chi connectivity index (χ0) is 17.6. The Morgan fingerprint density at radius 2 is 1.71 bits per heavy atom. The van der Waals surface area contributed by atoms with Crippen molar-refractivity contribution >= 4 is 5.91 Å². The molecule has 1 atom stereocenters. The van der Waals surface area contributed by atoms with E-state index in [-0.39, 0.29) is 11.3 Å². The van der Waals surface area contributed by atoms with E-state index in [2.05, 4.69) is 45.0 Å². The van der Waals surface area contributed by atoms with Crippen molar-refractivity contribution in [2.45, 2.75) is 70.3 Å². The number of hydrogen-bond acceptors (Lipinski definition) is 2. The minimum absolute atomic E-state index is 0.00212. The maximum atomic E-state index is 13.3. The van der Waals surface area contributed by atoms with Gasteiger partial charge in [-0.2, -0.15) is 0 Å². The molecule has 1 unspecified atom stereocenters. The number of aryl methyl sites for hydroxylation is 1. The molecular formula is C21H31NO2. The monoisotopic (exact) mass is 329 g/mol. The molecule has 3 nitrogen and oxygen atoms in total. The van der Waals surface area contributed by atoms with Crippen LogP contribution in [-0.4, -0.2) is 35.1 Å². The van der Waals surface area contributed by atoms with Crippen LogP contribution in [0.5, 0.6) is 0 Å². The SMILES string of the molecule is Cc1ccc(C2(C(=O)N(C)CCC3(O)CCCC3)CC2(C)C)cc1. The van der Waals surface area contributed by atoms with Crippen molar-refractivity contribution in [3.05, 3.63) is 35.4 Å². The highest BCUT2D eigenvalue weighted by molar-refractivity contribution is 5.93. The van der Waals surface area contributed by atoms with E-state index in [9.17, 15) is 9.90 Å². The van der Waals surface area contributed by atoms with E-state index in [1.807, 2.05) is 11.9 Å². The van der Waals surface area contributed by atoms with Gasteiger partial charge >= 0.3 is 0 Å². The van der Waals surface area contributed by atoms with Gasteiger partial charge in [-0.1, -0.05) is 56.5 Å². The summed E-state index contributed by atoms with van der Waals surface area (Å²) in [5.74, 6) is 0.206. The van der Waals surface area contributed by atoms with Crippen molar-refractivity contribution in [1.82, 2.24) is 4.90 Å². The molecule has 1 aromatic rings. The summed E-state index contributed by atoms with van der Waals surface area (Å²) in [6.07, 6.45) is 5.56. The summed E-state index contributed by atoms with van der Waals surface area (Å²) in [5, 5.41) is 10.6. The summed E-state index contributed by atoms with van der Waals surface area (Å²) in [4.78, 5) is 15.1. The van der Waals surface area contributed by atoms with Crippen molar-refractivity contribution in [2.75, 3.05) is 13.6 Å². The van der Waals surface area contributed by atoms with Crippen molar-refractivity contribution in [2.24, 2.45) is 5.41 Å². The van der Waals surface area contributed by atoms with Gasteiger partial charge in [0, 0.05) is 13.6 Å². The first-order valence-corrected chi connectivity index (χ1v) is 9.25. The minimum Gasteiger partial charge on any atom is -0.390 e. The third-order valence-electron chi connectivity index (χ3n) is 6.44. The molecule has 0 bridgehead atoms. The van der Waals surface area contributed by atoms with Crippen LogP contribution >= 0.6 is 0 Å². The molecule has 1 N–H and O–H groups in total. The number of hydrogen-bond donors (Lipinski definition) is 1. The van der Waals surface area contributed by atoms with Crippen LogP contribution < -0.4 is 0 Å². The summed E-state index contributed by atoms with van der Waals surface area (Å²) in [5.41, 5.74) is 1.40. The highest BCUT2D eigenvalue weighted by atomic mass is 16.3. The van der Waals surface area contributed by atoms with E-state index in [0.717, 1.165) is 37.7 Å². The first kappa shape index (κ1) is 17.5. The van der Waals surface area contributed by atoms with Crippen LogP contribution in [0.4, 0.5) is 0 Å². The lowest BCUT2D eigenvalue weighted by atomic mass is 9.86. The number of benzene rings is 1. The molecule has 24 heavy (non-hydrogen) atoms. The molecule has 3 heteroatoms. The number of likely N-dealkylation sites (N-methyl/N-ethyl adjacent to an activating group) is 1. The average Bonchev–Trinajstić information content (AvgIpc) is 2.89. The fraction of sp³-hybridized carbons (Fsp3) is 0.667. The smallest absolute Gasteiger partial charge is 0.233 e. The Hall–Kier alpha value is -1.35. The van der Waals surface area contributed by atoms with Crippen molar-refractivity contribution in [3.8, 4) is 0 Å². The molecule has 0 saturated heterocycles. The predicted molar refractivity (Wildman–Crippen MR) is 96.9 cm³/mol. The number of aliphatic hydroxyl groups is 1. The zero-order valence-electron chi connectivity index (χ0n) is 15.6. The van der Waals surface area contributed by atoms with Crippen LogP contribution in [0.15, 0.2) is 24.3 Å². The lowest BCUT2D eigenvalue weighted by molar-refractivity contribution is -0.134. The lowest BCUT2D eigenvalue weighted by Crippen LogP contribution is -2.41. The largest absolute Gasteiger partial charge is 0.390 e. The normalized spacial score (nSPS) is 27.0. The van der Waals surface area contributed by atoms with Crippen molar-refractivity contribution in [1.29, 1.82) is 0 Å². The Morgan fingerprint density at radius 3 is 2.21 bits per heavy atom. The van der Waals surface area contributed by atoms with E-state index in [1.54, 1.807) is 0 Å². The standard InChI is InChI=1S/C21H31NO2/c1-16-7-9-17(10-8-16)21(15-19(21,2)3)18(23)22(4)14-13-20(24)11-5-6-12-20/h7-10,24H,5-6,11-15H2,1-4H3. The molecule has 2 fully saturated rings. The molecule has 2 aliphatic rings. The zero-order valence-corrected chi connectivity index (χ0v) is 15.6. The van der Waals surface area contributed by atoms with Crippen LogP contribution in [0.2, 0.25) is 0 Å². The van der Waals surface area contributed by atoms with E-state index < -0.39 is 11.0 Å². The molecule has 132 valence electrons. The maximum absolute atomic E-state index is 13.3. The van der Waals surface area contributed by atoms with Crippen LogP contribution in [0.1, 0.15) is 63.5 Å². The first-order valence-electron chi connectivity index (χ1n) is 9.25.